The van der Waals surface area contributed by atoms with Gasteiger partial charge >= 0.3 is 0 Å². The lowest BCUT2D eigenvalue weighted by Crippen LogP contribution is -1.96. The van der Waals surface area contributed by atoms with Gasteiger partial charge in [0.15, 0.2) is 11.5 Å². The van der Waals surface area contributed by atoms with E-state index < -0.39 is 0 Å². The molecule has 3 aromatic carbocycles. The monoisotopic (exact) mass is 428 g/mol. The smallest absolute Gasteiger partial charge is 0.170 e. The first-order valence-corrected chi connectivity index (χ1v) is 10.5. The van der Waals surface area contributed by atoms with Gasteiger partial charge in [0.2, 0.25) is 0 Å². The Bertz CT molecular complexity index is 1210. The highest BCUT2D eigenvalue weighted by Crippen LogP contribution is 2.39. The van der Waals surface area contributed by atoms with Crippen LogP contribution in [0, 0.1) is 11.3 Å². The van der Waals surface area contributed by atoms with Crippen LogP contribution in [0.15, 0.2) is 72.1 Å². The fraction of sp³-hybridized carbons (Fsp3) is 0.120. The van der Waals surface area contributed by atoms with Crippen molar-refractivity contribution in [3.8, 4) is 45.0 Å². The molecule has 0 amide bonds. The summed E-state index contributed by atoms with van der Waals surface area (Å²) in [7, 11) is 3.25. The van der Waals surface area contributed by atoms with Gasteiger partial charge in [0.25, 0.3) is 0 Å². The van der Waals surface area contributed by atoms with Crippen LogP contribution in [-0.4, -0.2) is 19.2 Å². The second-order valence-electron chi connectivity index (χ2n) is 6.69. The van der Waals surface area contributed by atoms with E-state index in [9.17, 15) is 0 Å². The number of benzene rings is 3. The number of nitriles is 1. The summed E-state index contributed by atoms with van der Waals surface area (Å²) in [6.07, 6.45) is 0. The molecule has 0 spiro atoms. The molecule has 0 aliphatic rings. The number of para-hydroxylation sites is 1. The van der Waals surface area contributed by atoms with Crippen molar-refractivity contribution in [1.82, 2.24) is 4.98 Å². The van der Waals surface area contributed by atoms with Crippen LogP contribution in [-0.2, 0) is 6.61 Å². The maximum Gasteiger partial charge on any atom is 0.170 e. The normalized spacial score (nSPS) is 10.4. The Hall–Kier alpha value is -3.82. The lowest BCUT2D eigenvalue weighted by atomic mass is 10.0. The van der Waals surface area contributed by atoms with E-state index in [2.05, 4.69) is 6.07 Å². The van der Waals surface area contributed by atoms with Crippen molar-refractivity contribution in [3.05, 3.63) is 83.4 Å². The summed E-state index contributed by atoms with van der Waals surface area (Å²) in [4.78, 5) is 4.69. The van der Waals surface area contributed by atoms with E-state index in [0.29, 0.717) is 23.7 Å². The highest BCUT2D eigenvalue weighted by molar-refractivity contribution is 7.13. The van der Waals surface area contributed by atoms with Gasteiger partial charge in [0.1, 0.15) is 17.4 Å². The van der Waals surface area contributed by atoms with Gasteiger partial charge in [-0.1, -0.05) is 30.3 Å². The molecule has 5 nitrogen and oxygen atoms in total. The van der Waals surface area contributed by atoms with Crippen molar-refractivity contribution in [3.63, 3.8) is 0 Å². The number of hydrogen-bond acceptors (Lipinski definition) is 6. The zero-order valence-electron chi connectivity index (χ0n) is 17.2. The van der Waals surface area contributed by atoms with E-state index in [1.165, 1.54) is 11.3 Å². The minimum atomic E-state index is 0.374. The fourth-order valence-electron chi connectivity index (χ4n) is 3.19. The van der Waals surface area contributed by atoms with Crippen LogP contribution >= 0.6 is 11.3 Å². The summed E-state index contributed by atoms with van der Waals surface area (Å²) < 4.78 is 16.8. The van der Waals surface area contributed by atoms with Gasteiger partial charge in [-0.15, -0.1) is 11.3 Å². The first kappa shape index (κ1) is 20.5. The first-order chi connectivity index (χ1) is 15.2. The van der Waals surface area contributed by atoms with E-state index in [0.717, 1.165) is 33.1 Å². The summed E-state index contributed by atoms with van der Waals surface area (Å²) in [5.41, 5.74) is 4.52. The number of thiazole rings is 1. The Labute approximate surface area is 185 Å². The topological polar surface area (TPSA) is 64.4 Å². The van der Waals surface area contributed by atoms with Crippen molar-refractivity contribution in [2.24, 2.45) is 0 Å². The quantitative estimate of drug-likeness (QED) is 0.364. The first-order valence-electron chi connectivity index (χ1n) is 9.61. The molecule has 0 N–H and O–H groups in total. The van der Waals surface area contributed by atoms with E-state index in [1.807, 2.05) is 72.1 Å². The van der Waals surface area contributed by atoms with E-state index in [4.69, 9.17) is 24.5 Å². The molecule has 1 heterocycles. The van der Waals surface area contributed by atoms with E-state index in [1.54, 1.807) is 14.2 Å². The van der Waals surface area contributed by atoms with Gasteiger partial charge < -0.3 is 14.2 Å². The molecule has 0 saturated heterocycles. The fourth-order valence-corrected chi connectivity index (χ4v) is 4.02. The molecular weight excluding hydrogens is 408 g/mol. The third kappa shape index (κ3) is 4.52. The van der Waals surface area contributed by atoms with Crippen LogP contribution in [0.1, 0.15) is 11.3 Å². The van der Waals surface area contributed by atoms with Crippen molar-refractivity contribution in [1.29, 1.82) is 5.26 Å². The molecule has 0 atom stereocenters. The van der Waals surface area contributed by atoms with Crippen molar-refractivity contribution >= 4 is 11.3 Å². The third-order valence-corrected chi connectivity index (χ3v) is 5.70. The largest absolute Gasteiger partial charge is 0.493 e. The van der Waals surface area contributed by atoms with Crippen LogP contribution in [0.5, 0.6) is 17.2 Å². The van der Waals surface area contributed by atoms with Crippen LogP contribution in [0.4, 0.5) is 0 Å². The molecule has 0 radical (unpaired) electrons. The molecule has 1 aromatic heterocycles. The Kier molecular flexibility index (Phi) is 6.16. The number of methoxy groups -OCH3 is 2. The molecule has 6 heteroatoms. The number of nitrogens with zero attached hydrogens (tertiary/aromatic N) is 2. The van der Waals surface area contributed by atoms with Gasteiger partial charge in [-0.3, -0.25) is 0 Å². The molecule has 0 unspecified atom stereocenters. The molecule has 31 heavy (non-hydrogen) atoms. The summed E-state index contributed by atoms with van der Waals surface area (Å²) in [5.74, 6) is 2.12. The molecule has 0 aliphatic carbocycles. The molecule has 154 valence electrons. The van der Waals surface area contributed by atoms with Gasteiger partial charge in [0, 0.05) is 5.38 Å². The Morgan fingerprint density at radius 1 is 0.903 bits per heavy atom. The zero-order chi connectivity index (χ0) is 21.6. The van der Waals surface area contributed by atoms with Crippen LogP contribution in [0.2, 0.25) is 0 Å². The number of hydrogen-bond donors (Lipinski definition) is 0. The maximum atomic E-state index is 8.92. The summed E-state index contributed by atoms with van der Waals surface area (Å²) in [5, 5.41) is 11.8. The highest BCUT2D eigenvalue weighted by atomic mass is 32.1. The van der Waals surface area contributed by atoms with Gasteiger partial charge in [0.05, 0.1) is 37.1 Å². The predicted octanol–water partition coefficient (Wildman–Crippen LogP) is 5.94. The Morgan fingerprint density at radius 2 is 1.61 bits per heavy atom. The molecule has 0 saturated carbocycles. The van der Waals surface area contributed by atoms with Crippen molar-refractivity contribution in [2.75, 3.05) is 14.2 Å². The van der Waals surface area contributed by atoms with Gasteiger partial charge in [-0.2, -0.15) is 5.26 Å². The molecule has 4 aromatic rings. The minimum Gasteiger partial charge on any atom is -0.493 e. The van der Waals surface area contributed by atoms with Gasteiger partial charge in [-0.05, 0) is 47.5 Å². The van der Waals surface area contributed by atoms with Crippen molar-refractivity contribution in [2.45, 2.75) is 6.61 Å². The molecule has 4 rings (SSSR count). The highest BCUT2D eigenvalue weighted by Gasteiger charge is 2.14. The number of ether oxygens (including phenoxy) is 3. The standard InChI is InChI=1S/C25H20N2O3S/c1-28-23-5-3-4-22(24(23)29-2)25-27-20(16-31-25)15-30-21-12-10-19(11-13-21)18-8-6-17(14-26)7-9-18/h3-13,16H,15H2,1-2H3. The minimum absolute atomic E-state index is 0.374. The van der Waals surface area contributed by atoms with Crippen LogP contribution in [0.3, 0.4) is 0 Å². The van der Waals surface area contributed by atoms with Crippen molar-refractivity contribution < 1.29 is 14.2 Å². The summed E-state index contributed by atoms with van der Waals surface area (Å²) in [6.45, 7) is 0.374. The van der Waals surface area contributed by atoms with Gasteiger partial charge in [-0.25, -0.2) is 4.98 Å². The average molecular weight is 429 g/mol. The zero-order valence-corrected chi connectivity index (χ0v) is 18.0. The Balaban J connectivity index is 1.44. The maximum absolute atomic E-state index is 8.92. The molecular formula is C25H20N2O3S. The number of aromatic nitrogens is 1. The average Bonchev–Trinajstić information content (AvgIpc) is 3.31. The molecule has 0 fully saturated rings. The SMILES string of the molecule is COc1cccc(-c2nc(COc3ccc(-c4ccc(C#N)cc4)cc3)cs2)c1OC. The summed E-state index contributed by atoms with van der Waals surface area (Å²) >= 11 is 1.54. The predicted molar refractivity (Wildman–Crippen MR) is 122 cm³/mol. The Morgan fingerprint density at radius 3 is 2.26 bits per heavy atom. The third-order valence-electron chi connectivity index (χ3n) is 4.77. The lowest BCUT2D eigenvalue weighted by molar-refractivity contribution is 0.302. The van der Waals surface area contributed by atoms with E-state index >= 15 is 0 Å². The van der Waals surface area contributed by atoms with Crippen LogP contribution in [0.25, 0.3) is 21.7 Å². The van der Waals surface area contributed by atoms with E-state index in [-0.39, 0.29) is 0 Å². The lowest BCUT2D eigenvalue weighted by Gasteiger charge is -2.10. The molecule has 0 bridgehead atoms. The summed E-state index contributed by atoms with van der Waals surface area (Å²) in [6, 6.07) is 23.3. The second-order valence-corrected chi connectivity index (χ2v) is 7.55. The number of rotatable bonds is 7. The molecule has 0 aliphatic heterocycles. The second kappa shape index (κ2) is 9.33. The van der Waals surface area contributed by atoms with Crippen LogP contribution < -0.4 is 14.2 Å².